The van der Waals surface area contributed by atoms with Crippen LogP contribution in [0.3, 0.4) is 0 Å². The SMILES string of the molecule is O=[N+]([O-])Oc1cccc2c1Cc1ccccc1-2. The second-order valence-electron chi connectivity index (χ2n) is 3.93. The van der Waals surface area contributed by atoms with Crippen LogP contribution in [-0.4, -0.2) is 5.09 Å². The Balaban J connectivity index is 2.14. The number of hydrogen-bond acceptors (Lipinski definition) is 3. The Morgan fingerprint density at radius 1 is 1.06 bits per heavy atom. The zero-order valence-corrected chi connectivity index (χ0v) is 8.92. The maximum Gasteiger partial charge on any atom is 0.299 e. The minimum Gasteiger partial charge on any atom is -0.276 e. The molecule has 84 valence electrons. The van der Waals surface area contributed by atoms with Gasteiger partial charge < -0.3 is 0 Å². The summed E-state index contributed by atoms with van der Waals surface area (Å²) in [5, 5.41) is 9.66. The van der Waals surface area contributed by atoms with Crippen LogP contribution < -0.4 is 4.84 Å². The van der Waals surface area contributed by atoms with Gasteiger partial charge >= 0.3 is 0 Å². The molecule has 0 aromatic heterocycles. The maximum atomic E-state index is 10.4. The predicted molar refractivity (Wildman–Crippen MR) is 62.3 cm³/mol. The number of nitrogens with zero attached hydrogens (tertiary/aromatic N) is 1. The van der Waals surface area contributed by atoms with E-state index in [0.717, 1.165) is 16.7 Å². The summed E-state index contributed by atoms with van der Waals surface area (Å²) in [6.45, 7) is 0. The highest BCUT2D eigenvalue weighted by Gasteiger charge is 2.21. The molecule has 4 heteroatoms. The number of fused-ring (bicyclic) bond motifs is 3. The summed E-state index contributed by atoms with van der Waals surface area (Å²) in [6, 6.07) is 13.4. The van der Waals surface area contributed by atoms with E-state index in [1.54, 1.807) is 12.1 Å². The van der Waals surface area contributed by atoms with Crippen LogP contribution in [0.15, 0.2) is 42.5 Å². The third-order valence-corrected chi connectivity index (χ3v) is 2.98. The first kappa shape index (κ1) is 9.84. The summed E-state index contributed by atoms with van der Waals surface area (Å²) in [4.78, 5) is 15.0. The highest BCUT2D eigenvalue weighted by atomic mass is 17.0. The van der Waals surface area contributed by atoms with Crippen LogP contribution in [0, 0.1) is 10.1 Å². The number of hydrogen-bond donors (Lipinski definition) is 0. The molecule has 2 aromatic carbocycles. The molecule has 3 rings (SSSR count). The maximum absolute atomic E-state index is 10.4. The molecular formula is C13H9NO3. The molecule has 0 unspecified atom stereocenters. The van der Waals surface area contributed by atoms with Crippen molar-refractivity contribution in [2.24, 2.45) is 0 Å². The van der Waals surface area contributed by atoms with Crippen LogP contribution in [0.25, 0.3) is 11.1 Å². The fraction of sp³-hybridized carbons (Fsp3) is 0.0769. The van der Waals surface area contributed by atoms with E-state index >= 15 is 0 Å². The van der Waals surface area contributed by atoms with E-state index in [1.807, 2.05) is 30.3 Å². The van der Waals surface area contributed by atoms with Crippen molar-refractivity contribution in [2.45, 2.75) is 6.42 Å². The first-order chi connectivity index (χ1) is 8.25. The molecule has 2 aromatic rings. The minimum absolute atomic E-state index is 0.337. The first-order valence-corrected chi connectivity index (χ1v) is 5.28. The van der Waals surface area contributed by atoms with E-state index in [2.05, 4.69) is 4.84 Å². The summed E-state index contributed by atoms with van der Waals surface area (Å²) in [5.74, 6) is 0.337. The van der Waals surface area contributed by atoms with Crippen LogP contribution >= 0.6 is 0 Å². The van der Waals surface area contributed by atoms with Crippen molar-refractivity contribution < 1.29 is 9.92 Å². The van der Waals surface area contributed by atoms with Gasteiger partial charge in [0.25, 0.3) is 5.09 Å². The fourth-order valence-corrected chi connectivity index (χ4v) is 2.29. The van der Waals surface area contributed by atoms with Gasteiger partial charge in [-0.25, -0.2) is 0 Å². The van der Waals surface area contributed by atoms with Crippen molar-refractivity contribution in [1.29, 1.82) is 0 Å². The Bertz CT molecular complexity index is 607. The molecule has 1 aliphatic carbocycles. The monoisotopic (exact) mass is 227 g/mol. The lowest BCUT2D eigenvalue weighted by atomic mass is 10.1. The fourth-order valence-electron chi connectivity index (χ4n) is 2.29. The van der Waals surface area contributed by atoms with Crippen molar-refractivity contribution in [1.82, 2.24) is 0 Å². The molecule has 0 N–H and O–H groups in total. The van der Waals surface area contributed by atoms with Crippen molar-refractivity contribution in [3.8, 4) is 16.9 Å². The molecule has 0 heterocycles. The minimum atomic E-state index is -0.765. The van der Waals surface area contributed by atoms with Gasteiger partial charge in [0, 0.05) is 6.42 Å². The molecule has 0 spiro atoms. The lowest BCUT2D eigenvalue weighted by Gasteiger charge is -2.05. The van der Waals surface area contributed by atoms with Gasteiger partial charge in [-0.05, 0) is 28.3 Å². The Morgan fingerprint density at radius 3 is 2.65 bits per heavy atom. The highest BCUT2D eigenvalue weighted by Crippen LogP contribution is 2.40. The molecule has 1 aliphatic rings. The van der Waals surface area contributed by atoms with E-state index < -0.39 is 5.09 Å². The van der Waals surface area contributed by atoms with Gasteiger partial charge in [0.05, 0.1) is 0 Å². The Morgan fingerprint density at radius 2 is 1.82 bits per heavy atom. The quantitative estimate of drug-likeness (QED) is 0.499. The second kappa shape index (κ2) is 3.59. The zero-order chi connectivity index (χ0) is 11.8. The summed E-state index contributed by atoms with van der Waals surface area (Å²) >= 11 is 0. The van der Waals surface area contributed by atoms with Crippen molar-refractivity contribution in [3.05, 3.63) is 63.7 Å². The molecule has 4 nitrogen and oxygen atoms in total. The van der Waals surface area contributed by atoms with E-state index in [-0.39, 0.29) is 0 Å². The normalized spacial score (nSPS) is 11.8. The Labute approximate surface area is 97.6 Å². The Kier molecular flexibility index (Phi) is 2.08. The standard InChI is InChI=1S/C13H9NO3/c15-14(16)17-13-7-3-6-11-10-5-2-1-4-9(10)8-12(11)13/h1-7H,8H2. The third-order valence-electron chi connectivity index (χ3n) is 2.98. The Hall–Kier alpha value is -2.36. The summed E-state index contributed by atoms with van der Waals surface area (Å²) in [7, 11) is 0. The van der Waals surface area contributed by atoms with Gasteiger partial charge in [-0.15, -0.1) is 10.1 Å². The smallest absolute Gasteiger partial charge is 0.276 e. The van der Waals surface area contributed by atoms with Crippen LogP contribution in [0.2, 0.25) is 0 Å². The number of rotatable bonds is 2. The molecule has 0 radical (unpaired) electrons. The summed E-state index contributed by atoms with van der Waals surface area (Å²) < 4.78 is 0. The lowest BCUT2D eigenvalue weighted by molar-refractivity contribution is -0.711. The van der Waals surface area contributed by atoms with Gasteiger partial charge in [0.15, 0.2) is 0 Å². The van der Waals surface area contributed by atoms with E-state index in [9.17, 15) is 10.1 Å². The van der Waals surface area contributed by atoms with Gasteiger partial charge in [0.2, 0.25) is 0 Å². The molecule has 17 heavy (non-hydrogen) atoms. The van der Waals surface area contributed by atoms with Crippen LogP contribution in [0.4, 0.5) is 0 Å². The van der Waals surface area contributed by atoms with Crippen LogP contribution in [-0.2, 0) is 6.42 Å². The molecule has 0 saturated heterocycles. The van der Waals surface area contributed by atoms with Gasteiger partial charge in [-0.2, -0.15) is 0 Å². The average Bonchev–Trinajstić information content (AvgIpc) is 2.68. The number of benzene rings is 2. The van der Waals surface area contributed by atoms with Gasteiger partial charge in [-0.3, -0.25) is 4.84 Å². The van der Waals surface area contributed by atoms with Gasteiger partial charge in [-0.1, -0.05) is 36.4 Å². The molecule has 0 aliphatic heterocycles. The van der Waals surface area contributed by atoms with Crippen LogP contribution in [0.1, 0.15) is 11.1 Å². The van der Waals surface area contributed by atoms with Crippen molar-refractivity contribution in [2.75, 3.05) is 0 Å². The summed E-state index contributed by atoms with van der Waals surface area (Å²) in [6.07, 6.45) is 0.690. The van der Waals surface area contributed by atoms with E-state index in [0.29, 0.717) is 12.2 Å². The summed E-state index contributed by atoms with van der Waals surface area (Å²) in [5.41, 5.74) is 4.24. The molecule has 0 amide bonds. The van der Waals surface area contributed by atoms with Gasteiger partial charge in [0.1, 0.15) is 5.75 Å². The van der Waals surface area contributed by atoms with Crippen LogP contribution in [0.5, 0.6) is 5.75 Å². The molecule has 0 atom stereocenters. The largest absolute Gasteiger partial charge is 0.299 e. The van der Waals surface area contributed by atoms with Crippen molar-refractivity contribution in [3.63, 3.8) is 0 Å². The molecule has 0 saturated carbocycles. The van der Waals surface area contributed by atoms with Crippen molar-refractivity contribution >= 4 is 0 Å². The van der Waals surface area contributed by atoms with E-state index in [1.165, 1.54) is 5.56 Å². The zero-order valence-electron chi connectivity index (χ0n) is 8.92. The predicted octanol–water partition coefficient (Wildman–Crippen LogP) is 2.83. The first-order valence-electron chi connectivity index (χ1n) is 5.28. The highest BCUT2D eigenvalue weighted by molar-refractivity contribution is 5.78. The third kappa shape index (κ3) is 1.54. The van der Waals surface area contributed by atoms with E-state index in [4.69, 9.17) is 0 Å². The topological polar surface area (TPSA) is 52.4 Å². The molecule has 0 bridgehead atoms. The lowest BCUT2D eigenvalue weighted by Crippen LogP contribution is -2.05. The molecule has 0 fully saturated rings. The second-order valence-corrected chi connectivity index (χ2v) is 3.93. The molecular weight excluding hydrogens is 218 g/mol. The average molecular weight is 227 g/mol.